The van der Waals surface area contributed by atoms with Crippen molar-refractivity contribution in [2.75, 3.05) is 4.90 Å². The molecule has 3 atom stereocenters. The minimum Gasteiger partial charge on any atom is -0.310 e. The van der Waals surface area contributed by atoms with Crippen LogP contribution in [0.4, 0.5) is 17.1 Å². The molecule has 1 nitrogen and oxygen atoms in total. The van der Waals surface area contributed by atoms with Gasteiger partial charge in [0.05, 0.1) is 5.69 Å². The van der Waals surface area contributed by atoms with Gasteiger partial charge < -0.3 is 4.90 Å². The second-order valence-electron chi connectivity index (χ2n) is 16.4. The van der Waals surface area contributed by atoms with Gasteiger partial charge in [-0.25, -0.2) is 0 Å². The van der Waals surface area contributed by atoms with Crippen molar-refractivity contribution in [3.05, 3.63) is 199 Å². The van der Waals surface area contributed by atoms with E-state index in [0.29, 0.717) is 0 Å². The summed E-state index contributed by atoms with van der Waals surface area (Å²) in [5, 5.41) is 2.62. The lowest BCUT2D eigenvalue weighted by molar-refractivity contribution is 0.327. The fourth-order valence-electron chi connectivity index (χ4n) is 11.2. The molecule has 2 fully saturated rings. The van der Waals surface area contributed by atoms with Crippen molar-refractivity contribution in [1.29, 1.82) is 0 Å². The Kier molecular flexibility index (Phi) is 7.47. The van der Waals surface area contributed by atoms with Crippen LogP contribution in [-0.2, 0) is 5.41 Å². The van der Waals surface area contributed by atoms with Crippen LogP contribution in [0.15, 0.2) is 188 Å². The molecule has 272 valence electrons. The van der Waals surface area contributed by atoms with E-state index in [1.54, 1.807) is 11.1 Å². The van der Waals surface area contributed by atoms with Crippen molar-refractivity contribution in [2.24, 2.45) is 11.8 Å². The Morgan fingerprint density at radius 2 is 1.04 bits per heavy atom. The predicted octanol–water partition coefficient (Wildman–Crippen LogP) is 15.6. The number of anilines is 3. The van der Waals surface area contributed by atoms with Crippen molar-refractivity contribution >= 4 is 48.6 Å². The summed E-state index contributed by atoms with van der Waals surface area (Å²) in [5.74, 6) is 1.58. The number of benzene rings is 8. The monoisotopic (exact) mass is 747 g/mol. The molecule has 3 aliphatic carbocycles. The van der Waals surface area contributed by atoms with Crippen LogP contribution in [0.1, 0.15) is 36.8 Å². The van der Waals surface area contributed by atoms with Gasteiger partial charge >= 0.3 is 0 Å². The van der Waals surface area contributed by atoms with E-state index < -0.39 is 0 Å². The summed E-state index contributed by atoms with van der Waals surface area (Å²) in [6, 6.07) is 70.4. The second kappa shape index (κ2) is 12.9. The van der Waals surface area contributed by atoms with Crippen molar-refractivity contribution < 1.29 is 0 Å². The zero-order valence-electron chi connectivity index (χ0n) is 31.7. The largest absolute Gasteiger partial charge is 0.310 e. The fraction of sp³-hybridized carbons (Fsp3) is 0.127. The quantitative estimate of drug-likeness (QED) is 0.164. The lowest BCUT2D eigenvalue weighted by Crippen LogP contribution is -2.31. The average Bonchev–Trinajstić information content (AvgIpc) is 4.06. The van der Waals surface area contributed by atoms with Crippen LogP contribution in [0.25, 0.3) is 64.7 Å². The molecule has 0 amide bonds. The van der Waals surface area contributed by atoms with Gasteiger partial charge in [0.2, 0.25) is 0 Å². The molecule has 2 bridgehead atoms. The normalized spacial score (nSPS) is 19.0. The van der Waals surface area contributed by atoms with Crippen LogP contribution in [-0.4, -0.2) is 0 Å². The average molecular weight is 748 g/mol. The first-order valence-electron chi connectivity index (χ1n) is 20.5. The minimum absolute atomic E-state index is 0.149. The Balaban J connectivity index is 1.09. The second-order valence-corrected chi connectivity index (χ2v) is 17.5. The molecule has 0 aliphatic heterocycles. The lowest BCUT2D eigenvalue weighted by atomic mass is 9.67. The van der Waals surface area contributed by atoms with Crippen LogP contribution in [0, 0.1) is 11.8 Å². The van der Waals surface area contributed by atoms with Gasteiger partial charge in [-0.1, -0.05) is 152 Å². The van der Waals surface area contributed by atoms with Crippen LogP contribution < -0.4 is 4.90 Å². The van der Waals surface area contributed by atoms with Crippen LogP contribution in [0.5, 0.6) is 0 Å². The summed E-state index contributed by atoms with van der Waals surface area (Å²) >= 11 is 1.88. The van der Waals surface area contributed by atoms with Gasteiger partial charge in [0.15, 0.2) is 0 Å². The highest BCUT2D eigenvalue weighted by Crippen LogP contribution is 2.66. The third kappa shape index (κ3) is 5.00. The Labute approximate surface area is 338 Å². The van der Waals surface area contributed by atoms with Gasteiger partial charge in [-0.3, -0.25) is 0 Å². The molecule has 12 rings (SSSR count). The Morgan fingerprint density at radius 1 is 0.439 bits per heavy atom. The number of fused-ring (bicyclic) bond motifs is 11. The van der Waals surface area contributed by atoms with Crippen molar-refractivity contribution in [3.63, 3.8) is 0 Å². The van der Waals surface area contributed by atoms with Crippen molar-refractivity contribution in [1.82, 2.24) is 0 Å². The van der Waals surface area contributed by atoms with Gasteiger partial charge in [-0.15, -0.1) is 11.3 Å². The highest BCUT2D eigenvalue weighted by atomic mass is 32.1. The van der Waals surface area contributed by atoms with Crippen LogP contribution in [0.2, 0.25) is 0 Å². The molecule has 2 saturated carbocycles. The maximum absolute atomic E-state index is 2.54. The molecule has 0 radical (unpaired) electrons. The standard InChI is InChI=1S/C55H41NS/c1-2-14-37(15-3-1)41-16-4-5-17-42(41)43-18-6-7-19-44(43)46-21-9-12-24-52(46)56(40-29-31-54-49(34-40)47-22-10-13-25-53(47)57-54)39-28-30-51-48(33-39)45-20-8-11-23-50(45)55(51)35-36-26-27-38(55)32-36/h1-25,28-31,33-34,36,38H,26-27,32,35H2. The summed E-state index contributed by atoms with van der Waals surface area (Å²) < 4.78 is 2.64. The molecule has 3 aliphatic rings. The van der Waals surface area contributed by atoms with E-state index in [1.807, 2.05) is 11.3 Å². The SMILES string of the molecule is c1ccc(-c2ccccc2-c2ccccc2-c2ccccc2N(c2ccc3c(c2)-c2ccccc2C32CC3CCC2C3)c2ccc3sc4ccccc4c3c2)cc1. The summed E-state index contributed by atoms with van der Waals surface area (Å²) in [5.41, 5.74) is 17.0. The molecule has 0 saturated heterocycles. The number of nitrogens with zero attached hydrogens (tertiary/aromatic N) is 1. The first-order valence-corrected chi connectivity index (χ1v) is 21.4. The van der Waals surface area contributed by atoms with Crippen molar-refractivity contribution in [2.45, 2.75) is 31.1 Å². The molecule has 1 aromatic heterocycles. The molecule has 8 aromatic carbocycles. The highest BCUT2D eigenvalue weighted by molar-refractivity contribution is 7.25. The fourth-order valence-corrected chi connectivity index (χ4v) is 12.3. The molecule has 3 unspecified atom stereocenters. The van der Waals surface area contributed by atoms with E-state index in [0.717, 1.165) is 11.8 Å². The van der Waals surface area contributed by atoms with Crippen LogP contribution >= 0.6 is 11.3 Å². The molecular formula is C55H41NS. The van der Waals surface area contributed by atoms with E-state index >= 15 is 0 Å². The number of hydrogen-bond acceptors (Lipinski definition) is 2. The van der Waals surface area contributed by atoms with Gasteiger partial charge in [0.1, 0.15) is 0 Å². The summed E-state index contributed by atoms with van der Waals surface area (Å²) in [7, 11) is 0. The molecular weight excluding hydrogens is 707 g/mol. The number of thiophene rings is 1. The van der Waals surface area contributed by atoms with E-state index in [4.69, 9.17) is 0 Å². The summed E-state index contributed by atoms with van der Waals surface area (Å²) in [6.45, 7) is 0. The molecule has 57 heavy (non-hydrogen) atoms. The Bertz CT molecular complexity index is 3010. The third-order valence-electron chi connectivity index (χ3n) is 13.6. The minimum atomic E-state index is 0.149. The van der Waals surface area contributed by atoms with Crippen molar-refractivity contribution in [3.8, 4) is 44.5 Å². The first-order chi connectivity index (χ1) is 28.2. The van der Waals surface area contributed by atoms with E-state index in [2.05, 4.69) is 193 Å². The summed E-state index contributed by atoms with van der Waals surface area (Å²) in [4.78, 5) is 2.54. The molecule has 1 heterocycles. The smallest absolute Gasteiger partial charge is 0.0540 e. The molecule has 9 aromatic rings. The topological polar surface area (TPSA) is 3.24 Å². The van der Waals surface area contributed by atoms with Gasteiger partial charge in [0, 0.05) is 42.5 Å². The third-order valence-corrected chi connectivity index (χ3v) is 14.7. The van der Waals surface area contributed by atoms with Crippen LogP contribution in [0.3, 0.4) is 0 Å². The first kappa shape index (κ1) is 33.0. The maximum atomic E-state index is 2.54. The van der Waals surface area contributed by atoms with Gasteiger partial charge in [-0.05, 0) is 124 Å². The van der Waals surface area contributed by atoms with E-state index in [9.17, 15) is 0 Å². The summed E-state index contributed by atoms with van der Waals surface area (Å²) in [6.07, 6.45) is 5.40. The highest BCUT2D eigenvalue weighted by Gasteiger charge is 2.56. The molecule has 2 heteroatoms. The number of hydrogen-bond donors (Lipinski definition) is 0. The lowest BCUT2D eigenvalue weighted by Gasteiger charge is -2.36. The Morgan fingerprint density at radius 3 is 1.82 bits per heavy atom. The Hall–Kier alpha value is -6.22. The van der Waals surface area contributed by atoms with Gasteiger partial charge in [-0.2, -0.15) is 0 Å². The number of rotatable bonds is 6. The zero-order valence-corrected chi connectivity index (χ0v) is 32.6. The van der Waals surface area contributed by atoms with E-state index in [1.165, 1.54) is 107 Å². The van der Waals surface area contributed by atoms with Gasteiger partial charge in [0.25, 0.3) is 0 Å². The zero-order chi connectivity index (χ0) is 37.5. The van der Waals surface area contributed by atoms with E-state index in [-0.39, 0.29) is 5.41 Å². The molecule has 1 spiro atoms. The maximum Gasteiger partial charge on any atom is 0.0540 e. The predicted molar refractivity (Wildman–Crippen MR) is 242 cm³/mol. The molecule has 0 N–H and O–H groups in total. The number of para-hydroxylation sites is 1.